The first-order valence-electron chi connectivity index (χ1n) is 6.85. The van der Waals surface area contributed by atoms with E-state index in [9.17, 15) is 4.79 Å². The molecule has 0 aliphatic heterocycles. The minimum absolute atomic E-state index is 0.00977. The Kier molecular flexibility index (Phi) is 7.10. The van der Waals surface area contributed by atoms with Gasteiger partial charge in [0.25, 0.3) is 0 Å². The normalized spacial score (nSPS) is 13.9. The van der Waals surface area contributed by atoms with E-state index in [1.165, 1.54) is 0 Å². The summed E-state index contributed by atoms with van der Waals surface area (Å²) in [7, 11) is 0. The summed E-state index contributed by atoms with van der Waals surface area (Å²) in [5.41, 5.74) is 1.15. The number of carbonyl (C=O) groups excluding carboxylic acids is 1. The summed E-state index contributed by atoms with van der Waals surface area (Å²) in [6, 6.07) is 8.20. The highest BCUT2D eigenvalue weighted by Crippen LogP contribution is 2.19. The van der Waals surface area contributed by atoms with Crippen LogP contribution in [0.5, 0.6) is 0 Å². The number of rotatable bonds is 7. The molecule has 19 heavy (non-hydrogen) atoms. The van der Waals surface area contributed by atoms with E-state index in [0.29, 0.717) is 0 Å². The lowest BCUT2D eigenvalue weighted by atomic mass is 10.0. The van der Waals surface area contributed by atoms with Crippen LogP contribution in [0.25, 0.3) is 0 Å². The largest absolute Gasteiger partial charge is 0.349 e. The van der Waals surface area contributed by atoms with Crippen molar-refractivity contribution in [1.82, 2.24) is 10.6 Å². The summed E-state index contributed by atoms with van der Waals surface area (Å²) >= 11 is 3.42. The van der Waals surface area contributed by atoms with Crippen molar-refractivity contribution in [3.63, 3.8) is 0 Å². The van der Waals surface area contributed by atoms with Crippen LogP contribution in [0.15, 0.2) is 28.7 Å². The molecular weight excluding hydrogens is 304 g/mol. The van der Waals surface area contributed by atoms with E-state index in [1.54, 1.807) is 0 Å². The average molecular weight is 327 g/mol. The number of halogens is 1. The highest BCUT2D eigenvalue weighted by molar-refractivity contribution is 9.10. The van der Waals surface area contributed by atoms with Gasteiger partial charge in [-0.15, -0.1) is 0 Å². The van der Waals surface area contributed by atoms with Crippen molar-refractivity contribution in [1.29, 1.82) is 0 Å². The van der Waals surface area contributed by atoms with Crippen LogP contribution in [-0.2, 0) is 4.79 Å². The minimum atomic E-state index is -0.00977. The molecule has 1 rings (SSSR count). The molecule has 3 nitrogen and oxygen atoms in total. The summed E-state index contributed by atoms with van der Waals surface area (Å²) in [5, 5.41) is 6.32. The SMILES string of the molecule is CCNCC(C)C(=O)NC(CC)c1ccc(Br)cc1. The van der Waals surface area contributed by atoms with E-state index in [0.717, 1.165) is 29.5 Å². The molecule has 0 saturated carbocycles. The lowest BCUT2D eigenvalue weighted by Gasteiger charge is -2.20. The second kappa shape index (κ2) is 8.33. The Balaban J connectivity index is 2.61. The molecule has 0 bridgehead atoms. The van der Waals surface area contributed by atoms with Crippen molar-refractivity contribution < 1.29 is 4.79 Å². The first kappa shape index (κ1) is 16.2. The van der Waals surface area contributed by atoms with Gasteiger partial charge in [-0.1, -0.05) is 48.8 Å². The highest BCUT2D eigenvalue weighted by Gasteiger charge is 2.17. The Morgan fingerprint density at radius 1 is 1.26 bits per heavy atom. The van der Waals surface area contributed by atoms with Crippen LogP contribution < -0.4 is 10.6 Å². The lowest BCUT2D eigenvalue weighted by Crippen LogP contribution is -2.37. The maximum atomic E-state index is 12.1. The van der Waals surface area contributed by atoms with E-state index >= 15 is 0 Å². The van der Waals surface area contributed by atoms with E-state index < -0.39 is 0 Å². The van der Waals surface area contributed by atoms with Crippen molar-refractivity contribution in [2.75, 3.05) is 13.1 Å². The number of nitrogens with one attached hydrogen (secondary N) is 2. The van der Waals surface area contributed by atoms with Gasteiger partial charge < -0.3 is 10.6 Å². The zero-order valence-electron chi connectivity index (χ0n) is 11.9. The third-order valence-corrected chi connectivity index (χ3v) is 3.67. The molecule has 106 valence electrons. The predicted octanol–water partition coefficient (Wildman–Crippen LogP) is 3.26. The molecule has 0 aliphatic rings. The van der Waals surface area contributed by atoms with Crippen LogP contribution in [0.3, 0.4) is 0 Å². The summed E-state index contributed by atoms with van der Waals surface area (Å²) in [4.78, 5) is 12.1. The zero-order chi connectivity index (χ0) is 14.3. The van der Waals surface area contributed by atoms with Crippen LogP contribution in [0.4, 0.5) is 0 Å². The molecule has 0 heterocycles. The van der Waals surface area contributed by atoms with E-state index in [2.05, 4.69) is 33.5 Å². The fourth-order valence-corrected chi connectivity index (χ4v) is 2.15. The molecule has 0 saturated heterocycles. The molecular formula is C15H23BrN2O. The number of hydrogen-bond donors (Lipinski definition) is 2. The molecule has 1 aromatic carbocycles. The van der Waals surface area contributed by atoms with Crippen molar-refractivity contribution in [3.8, 4) is 0 Å². The van der Waals surface area contributed by atoms with Gasteiger partial charge in [0.1, 0.15) is 0 Å². The van der Waals surface area contributed by atoms with Crippen LogP contribution in [0.1, 0.15) is 38.8 Å². The van der Waals surface area contributed by atoms with Gasteiger partial charge in [-0.3, -0.25) is 4.79 Å². The molecule has 0 fully saturated rings. The van der Waals surface area contributed by atoms with E-state index in [4.69, 9.17) is 0 Å². The Morgan fingerprint density at radius 3 is 2.42 bits per heavy atom. The third-order valence-electron chi connectivity index (χ3n) is 3.15. The predicted molar refractivity (Wildman–Crippen MR) is 83.0 cm³/mol. The van der Waals surface area contributed by atoms with Gasteiger partial charge in [-0.25, -0.2) is 0 Å². The Hall–Kier alpha value is -0.870. The number of hydrogen-bond acceptors (Lipinski definition) is 2. The number of amides is 1. The first-order chi connectivity index (χ1) is 9.08. The summed E-state index contributed by atoms with van der Waals surface area (Å²) < 4.78 is 1.05. The number of benzene rings is 1. The Morgan fingerprint density at radius 2 is 1.89 bits per heavy atom. The zero-order valence-corrected chi connectivity index (χ0v) is 13.5. The molecule has 1 aromatic rings. The minimum Gasteiger partial charge on any atom is -0.349 e. The first-order valence-corrected chi connectivity index (χ1v) is 7.64. The number of carbonyl (C=O) groups is 1. The summed E-state index contributed by atoms with van der Waals surface area (Å²) in [6.07, 6.45) is 0.890. The Bertz CT molecular complexity index is 392. The van der Waals surface area contributed by atoms with Crippen LogP contribution in [0, 0.1) is 5.92 Å². The molecule has 1 amide bonds. The molecule has 2 unspecified atom stereocenters. The molecule has 0 spiro atoms. The van der Waals surface area contributed by atoms with Gasteiger partial charge in [-0.2, -0.15) is 0 Å². The monoisotopic (exact) mass is 326 g/mol. The van der Waals surface area contributed by atoms with Gasteiger partial charge in [-0.05, 0) is 30.7 Å². The lowest BCUT2D eigenvalue weighted by molar-refractivity contribution is -0.125. The molecule has 2 N–H and O–H groups in total. The van der Waals surface area contributed by atoms with Crippen LogP contribution in [-0.4, -0.2) is 19.0 Å². The van der Waals surface area contributed by atoms with Crippen molar-refractivity contribution in [2.24, 2.45) is 5.92 Å². The molecule has 2 atom stereocenters. The molecule has 0 aromatic heterocycles. The third kappa shape index (κ3) is 5.33. The van der Waals surface area contributed by atoms with E-state index in [-0.39, 0.29) is 17.9 Å². The Labute approximate surface area is 124 Å². The maximum absolute atomic E-state index is 12.1. The second-order valence-corrected chi connectivity index (χ2v) is 5.65. The van der Waals surface area contributed by atoms with Gasteiger partial charge >= 0.3 is 0 Å². The molecule has 0 radical (unpaired) electrons. The van der Waals surface area contributed by atoms with Gasteiger partial charge in [0.2, 0.25) is 5.91 Å². The van der Waals surface area contributed by atoms with Crippen LogP contribution in [0.2, 0.25) is 0 Å². The van der Waals surface area contributed by atoms with Gasteiger partial charge in [0.15, 0.2) is 0 Å². The fourth-order valence-electron chi connectivity index (χ4n) is 1.88. The summed E-state index contributed by atoms with van der Waals surface area (Å²) in [6.45, 7) is 7.69. The molecule has 0 aliphatic carbocycles. The molecule has 4 heteroatoms. The second-order valence-electron chi connectivity index (χ2n) is 4.73. The smallest absolute Gasteiger partial charge is 0.224 e. The standard InChI is InChI=1S/C15H23BrN2O/c1-4-14(12-6-8-13(16)9-7-12)18-15(19)11(3)10-17-5-2/h6-9,11,14,17H,4-5,10H2,1-3H3,(H,18,19). The average Bonchev–Trinajstić information content (AvgIpc) is 2.42. The highest BCUT2D eigenvalue weighted by atomic mass is 79.9. The van der Waals surface area contributed by atoms with Gasteiger partial charge in [0.05, 0.1) is 6.04 Å². The summed E-state index contributed by atoms with van der Waals surface area (Å²) in [5.74, 6) is 0.0974. The van der Waals surface area contributed by atoms with Gasteiger partial charge in [0, 0.05) is 16.9 Å². The van der Waals surface area contributed by atoms with E-state index in [1.807, 2.05) is 38.1 Å². The van der Waals surface area contributed by atoms with Crippen LogP contribution >= 0.6 is 15.9 Å². The van der Waals surface area contributed by atoms with Crippen molar-refractivity contribution >= 4 is 21.8 Å². The van der Waals surface area contributed by atoms with Crippen molar-refractivity contribution in [2.45, 2.75) is 33.2 Å². The topological polar surface area (TPSA) is 41.1 Å². The maximum Gasteiger partial charge on any atom is 0.224 e. The van der Waals surface area contributed by atoms with Crippen molar-refractivity contribution in [3.05, 3.63) is 34.3 Å². The fraction of sp³-hybridized carbons (Fsp3) is 0.533. The quantitative estimate of drug-likeness (QED) is 0.807.